The third-order valence-corrected chi connectivity index (χ3v) is 4.06. The lowest BCUT2D eigenvalue weighted by Crippen LogP contribution is -2.25. The second kappa shape index (κ2) is 7.89. The normalized spacial score (nSPS) is 10.1. The zero-order valence-corrected chi connectivity index (χ0v) is 15.1. The monoisotopic (exact) mass is 406 g/mol. The second-order valence-electron chi connectivity index (χ2n) is 5.02. The number of carbonyl (C=O) groups is 2. The van der Waals surface area contributed by atoms with Crippen molar-refractivity contribution in [3.05, 3.63) is 57.8 Å². The lowest BCUT2D eigenvalue weighted by Gasteiger charge is -2.13. The van der Waals surface area contributed by atoms with Gasteiger partial charge in [0.15, 0.2) is 0 Å². The van der Waals surface area contributed by atoms with E-state index in [9.17, 15) is 14.0 Å². The molecule has 0 spiro atoms. The first kappa shape index (κ1) is 18.6. The van der Waals surface area contributed by atoms with E-state index in [1.807, 2.05) is 0 Å². The largest absolute Gasteiger partial charge is 0.387 e. The third-order valence-electron chi connectivity index (χ3n) is 3.45. The average Bonchev–Trinajstić information content (AvgIpc) is 2.62. The summed E-state index contributed by atoms with van der Waals surface area (Å²) < 4.78 is 14.5. The van der Waals surface area contributed by atoms with Crippen LogP contribution in [0.25, 0.3) is 0 Å². The van der Waals surface area contributed by atoms with Gasteiger partial charge in [0.25, 0.3) is 11.8 Å². The van der Waals surface area contributed by atoms with E-state index in [-0.39, 0.29) is 15.9 Å². The van der Waals surface area contributed by atoms with Gasteiger partial charge < -0.3 is 16.0 Å². The molecule has 0 bridgehead atoms. The maximum Gasteiger partial charge on any atom is 0.274 e. The van der Waals surface area contributed by atoms with Gasteiger partial charge in [-0.1, -0.05) is 6.07 Å². The number of amides is 2. The minimum absolute atomic E-state index is 0.142. The summed E-state index contributed by atoms with van der Waals surface area (Å²) >= 11 is 3.05. The highest BCUT2D eigenvalue weighted by molar-refractivity contribution is 9.10. The molecule has 0 unspecified atom stereocenters. The van der Waals surface area contributed by atoms with Gasteiger partial charge in [-0.2, -0.15) is 0 Å². The van der Waals surface area contributed by atoms with Crippen LogP contribution < -0.4 is 16.0 Å². The van der Waals surface area contributed by atoms with Crippen molar-refractivity contribution >= 4 is 44.8 Å². The van der Waals surface area contributed by atoms with Crippen molar-refractivity contribution in [1.29, 1.82) is 5.41 Å². The third kappa shape index (κ3) is 4.03. The number of carbonyl (C=O) groups excluding carboxylic acids is 2. The second-order valence-corrected chi connectivity index (χ2v) is 5.88. The van der Waals surface area contributed by atoms with Crippen molar-refractivity contribution in [3.8, 4) is 0 Å². The van der Waals surface area contributed by atoms with Crippen molar-refractivity contribution in [1.82, 2.24) is 5.32 Å². The molecule has 0 saturated carbocycles. The summed E-state index contributed by atoms with van der Waals surface area (Å²) in [4.78, 5) is 24.0. The molecule has 8 heteroatoms. The van der Waals surface area contributed by atoms with E-state index in [0.29, 0.717) is 16.9 Å². The number of halogens is 2. The van der Waals surface area contributed by atoms with Gasteiger partial charge >= 0.3 is 0 Å². The molecule has 0 aromatic heterocycles. The molecule has 130 valence electrons. The summed E-state index contributed by atoms with van der Waals surface area (Å²) in [5, 5.41) is 15.8. The van der Waals surface area contributed by atoms with Gasteiger partial charge in [0, 0.05) is 31.0 Å². The van der Waals surface area contributed by atoms with E-state index in [4.69, 9.17) is 5.41 Å². The molecule has 0 heterocycles. The molecule has 4 N–H and O–H groups in total. The Bertz CT molecular complexity index is 855. The number of hydrogen-bond acceptors (Lipinski definition) is 4. The van der Waals surface area contributed by atoms with E-state index in [1.54, 1.807) is 31.3 Å². The fraction of sp³-hybridized carbons (Fsp3) is 0.118. The standard InChI is InChI=1S/C17H16BrFN4O2/c1-21-12-7-6-11(18)14(19)13(12)15(20)17(25)23-10-5-3-4-9(8-10)16(24)22-2/h3-8,20-21H,1-2H3,(H,22,24)(H,23,25). The first-order valence-electron chi connectivity index (χ1n) is 7.27. The van der Waals surface area contributed by atoms with Crippen LogP contribution >= 0.6 is 15.9 Å². The summed E-state index contributed by atoms with van der Waals surface area (Å²) in [6, 6.07) is 9.29. The molecule has 0 aliphatic rings. The fourth-order valence-corrected chi connectivity index (χ4v) is 2.52. The predicted molar refractivity (Wildman–Crippen MR) is 98.9 cm³/mol. The number of nitrogens with one attached hydrogen (secondary N) is 4. The molecule has 6 nitrogen and oxygen atoms in total. The van der Waals surface area contributed by atoms with Crippen LogP contribution in [0, 0.1) is 11.2 Å². The Labute approximate surface area is 152 Å². The number of hydrogen-bond donors (Lipinski definition) is 4. The SMILES string of the molecule is CNC(=O)c1cccc(NC(=O)C(=N)c2c(NC)ccc(Br)c2F)c1. The molecule has 25 heavy (non-hydrogen) atoms. The molecule has 2 amide bonds. The molecular formula is C17H16BrFN4O2. The number of rotatable bonds is 5. The Balaban J connectivity index is 2.29. The minimum atomic E-state index is -0.789. The van der Waals surface area contributed by atoms with E-state index in [0.717, 1.165) is 0 Å². The molecule has 0 atom stereocenters. The van der Waals surface area contributed by atoms with Gasteiger partial charge in [0.05, 0.1) is 10.0 Å². The summed E-state index contributed by atoms with van der Waals surface area (Å²) in [7, 11) is 3.07. The molecule has 0 aliphatic heterocycles. The smallest absolute Gasteiger partial charge is 0.274 e. The Hall–Kier alpha value is -2.74. The van der Waals surface area contributed by atoms with E-state index < -0.39 is 17.4 Å². The molecule has 0 saturated heterocycles. The summed E-state index contributed by atoms with van der Waals surface area (Å²) in [5.41, 5.74) is 0.332. The lowest BCUT2D eigenvalue weighted by atomic mass is 10.1. The van der Waals surface area contributed by atoms with Crippen molar-refractivity contribution in [2.24, 2.45) is 0 Å². The Morgan fingerprint density at radius 3 is 2.52 bits per heavy atom. The summed E-state index contributed by atoms with van der Waals surface area (Å²) in [5.74, 6) is -1.80. The van der Waals surface area contributed by atoms with Crippen LogP contribution in [0.2, 0.25) is 0 Å². The Morgan fingerprint density at radius 2 is 1.88 bits per heavy atom. The van der Waals surface area contributed by atoms with Gasteiger partial charge in [-0.15, -0.1) is 0 Å². The molecule has 2 aromatic rings. The quantitative estimate of drug-likeness (QED) is 0.574. The molecule has 0 radical (unpaired) electrons. The summed E-state index contributed by atoms with van der Waals surface area (Å²) in [6.45, 7) is 0. The van der Waals surface area contributed by atoms with Gasteiger partial charge in [0.2, 0.25) is 0 Å². The molecule has 2 rings (SSSR count). The van der Waals surface area contributed by atoms with Crippen LogP contribution in [-0.4, -0.2) is 31.6 Å². The topological polar surface area (TPSA) is 94.1 Å². The maximum absolute atomic E-state index is 14.4. The fourth-order valence-electron chi connectivity index (χ4n) is 2.19. The minimum Gasteiger partial charge on any atom is -0.387 e. The average molecular weight is 407 g/mol. The van der Waals surface area contributed by atoms with Crippen molar-refractivity contribution in [3.63, 3.8) is 0 Å². The van der Waals surface area contributed by atoms with Gasteiger partial charge in [-0.3, -0.25) is 15.0 Å². The Morgan fingerprint density at radius 1 is 1.16 bits per heavy atom. The number of anilines is 2. The van der Waals surface area contributed by atoms with Gasteiger partial charge in [-0.25, -0.2) is 4.39 Å². The molecular weight excluding hydrogens is 391 g/mol. The van der Waals surface area contributed by atoms with Crippen molar-refractivity contribution in [2.45, 2.75) is 0 Å². The molecule has 0 aliphatic carbocycles. The van der Waals surface area contributed by atoms with E-state index in [2.05, 4.69) is 31.9 Å². The van der Waals surface area contributed by atoms with Crippen molar-refractivity contribution < 1.29 is 14.0 Å². The van der Waals surface area contributed by atoms with Crippen LogP contribution in [0.4, 0.5) is 15.8 Å². The van der Waals surface area contributed by atoms with Gasteiger partial charge in [0.1, 0.15) is 11.5 Å². The van der Waals surface area contributed by atoms with E-state index in [1.165, 1.54) is 19.2 Å². The highest BCUT2D eigenvalue weighted by Crippen LogP contribution is 2.26. The predicted octanol–water partition coefficient (Wildman–Crippen LogP) is 3.00. The van der Waals surface area contributed by atoms with Crippen LogP contribution in [0.1, 0.15) is 15.9 Å². The van der Waals surface area contributed by atoms with Crippen LogP contribution in [0.3, 0.4) is 0 Å². The number of benzene rings is 2. The van der Waals surface area contributed by atoms with E-state index >= 15 is 0 Å². The lowest BCUT2D eigenvalue weighted by molar-refractivity contribution is -0.110. The first-order valence-corrected chi connectivity index (χ1v) is 8.06. The maximum atomic E-state index is 14.4. The van der Waals surface area contributed by atoms with Crippen LogP contribution in [0.5, 0.6) is 0 Å². The molecule has 0 fully saturated rings. The van der Waals surface area contributed by atoms with Crippen molar-refractivity contribution in [2.75, 3.05) is 24.7 Å². The Kier molecular flexibility index (Phi) is 5.87. The molecule has 2 aromatic carbocycles. The summed E-state index contributed by atoms with van der Waals surface area (Å²) in [6.07, 6.45) is 0. The van der Waals surface area contributed by atoms with Crippen LogP contribution in [-0.2, 0) is 4.79 Å². The highest BCUT2D eigenvalue weighted by atomic mass is 79.9. The van der Waals surface area contributed by atoms with Crippen LogP contribution in [0.15, 0.2) is 40.9 Å². The zero-order chi connectivity index (χ0) is 18.6. The van der Waals surface area contributed by atoms with Gasteiger partial charge in [-0.05, 0) is 46.3 Å². The zero-order valence-electron chi connectivity index (χ0n) is 13.5. The first-order chi connectivity index (χ1) is 11.9. The highest BCUT2D eigenvalue weighted by Gasteiger charge is 2.21.